The SMILES string of the molecule is COc1ccc(N2CCc3ccccc3C2c2ccccc2)cc1F. The zero-order valence-electron chi connectivity index (χ0n) is 14.2. The van der Waals surface area contributed by atoms with E-state index in [9.17, 15) is 4.39 Å². The van der Waals surface area contributed by atoms with Gasteiger partial charge in [0.15, 0.2) is 11.6 Å². The number of rotatable bonds is 3. The Hall–Kier alpha value is -2.81. The molecule has 4 rings (SSSR count). The topological polar surface area (TPSA) is 12.5 Å². The van der Waals surface area contributed by atoms with E-state index < -0.39 is 0 Å². The summed E-state index contributed by atoms with van der Waals surface area (Å²) in [4.78, 5) is 2.28. The number of hydrogen-bond donors (Lipinski definition) is 0. The fourth-order valence-electron chi connectivity index (χ4n) is 3.67. The predicted octanol–water partition coefficient (Wildman–Crippen LogP) is 4.99. The van der Waals surface area contributed by atoms with Crippen LogP contribution >= 0.6 is 0 Å². The highest BCUT2D eigenvalue weighted by Gasteiger charge is 2.29. The lowest BCUT2D eigenvalue weighted by Crippen LogP contribution is -2.36. The zero-order valence-corrected chi connectivity index (χ0v) is 14.2. The number of methoxy groups -OCH3 is 1. The molecule has 0 saturated heterocycles. The summed E-state index contributed by atoms with van der Waals surface area (Å²) < 4.78 is 19.3. The van der Waals surface area contributed by atoms with Crippen molar-refractivity contribution in [2.24, 2.45) is 0 Å². The highest BCUT2D eigenvalue weighted by Crippen LogP contribution is 2.39. The third-order valence-electron chi connectivity index (χ3n) is 4.87. The van der Waals surface area contributed by atoms with Gasteiger partial charge >= 0.3 is 0 Å². The van der Waals surface area contributed by atoms with Gasteiger partial charge in [0.05, 0.1) is 13.2 Å². The fraction of sp³-hybridized carbons (Fsp3) is 0.182. The van der Waals surface area contributed by atoms with Gasteiger partial charge in [-0.05, 0) is 35.2 Å². The quantitative estimate of drug-likeness (QED) is 0.670. The molecule has 0 radical (unpaired) electrons. The lowest BCUT2D eigenvalue weighted by molar-refractivity contribution is 0.386. The van der Waals surface area contributed by atoms with Crippen molar-refractivity contribution in [3.05, 3.63) is 95.3 Å². The van der Waals surface area contributed by atoms with Crippen molar-refractivity contribution in [2.75, 3.05) is 18.6 Å². The van der Waals surface area contributed by atoms with Crippen LogP contribution < -0.4 is 9.64 Å². The number of benzene rings is 3. The number of fused-ring (bicyclic) bond motifs is 1. The molecule has 0 bridgehead atoms. The number of nitrogens with zero attached hydrogens (tertiary/aromatic N) is 1. The summed E-state index contributed by atoms with van der Waals surface area (Å²) in [7, 11) is 1.49. The van der Waals surface area contributed by atoms with Gasteiger partial charge in [0.25, 0.3) is 0 Å². The van der Waals surface area contributed by atoms with Crippen LogP contribution in [0.1, 0.15) is 22.7 Å². The van der Waals surface area contributed by atoms with Gasteiger partial charge in [-0.3, -0.25) is 0 Å². The lowest BCUT2D eigenvalue weighted by Gasteiger charge is -2.39. The molecule has 3 aromatic rings. The van der Waals surface area contributed by atoms with E-state index in [1.165, 1.54) is 23.8 Å². The van der Waals surface area contributed by atoms with Crippen LogP contribution in [0.25, 0.3) is 0 Å². The van der Waals surface area contributed by atoms with Crippen LogP contribution in [0.3, 0.4) is 0 Å². The first kappa shape index (κ1) is 15.7. The molecule has 3 aromatic carbocycles. The van der Waals surface area contributed by atoms with Crippen LogP contribution in [-0.2, 0) is 6.42 Å². The highest BCUT2D eigenvalue weighted by molar-refractivity contribution is 5.57. The van der Waals surface area contributed by atoms with Gasteiger partial charge in [-0.25, -0.2) is 4.39 Å². The van der Waals surface area contributed by atoms with Crippen molar-refractivity contribution in [3.63, 3.8) is 0 Å². The molecule has 25 heavy (non-hydrogen) atoms. The van der Waals surface area contributed by atoms with E-state index in [4.69, 9.17) is 4.74 Å². The highest BCUT2D eigenvalue weighted by atomic mass is 19.1. The van der Waals surface area contributed by atoms with E-state index in [2.05, 4.69) is 53.4 Å². The first-order chi connectivity index (χ1) is 12.3. The summed E-state index contributed by atoms with van der Waals surface area (Å²) >= 11 is 0. The van der Waals surface area contributed by atoms with Crippen molar-refractivity contribution in [3.8, 4) is 5.75 Å². The molecule has 1 atom stereocenters. The summed E-state index contributed by atoms with van der Waals surface area (Å²) in [6, 6.07) is 24.2. The summed E-state index contributed by atoms with van der Waals surface area (Å²) in [6.45, 7) is 0.850. The number of anilines is 1. The summed E-state index contributed by atoms with van der Waals surface area (Å²) in [5, 5.41) is 0. The second-order valence-electron chi connectivity index (χ2n) is 6.27. The minimum Gasteiger partial charge on any atom is -0.494 e. The molecule has 1 unspecified atom stereocenters. The summed E-state index contributed by atoms with van der Waals surface area (Å²) in [5.41, 5.74) is 4.74. The van der Waals surface area contributed by atoms with E-state index in [1.807, 2.05) is 12.1 Å². The van der Waals surface area contributed by atoms with Crippen LogP contribution in [0.15, 0.2) is 72.8 Å². The molecule has 0 aliphatic carbocycles. The molecule has 126 valence electrons. The van der Waals surface area contributed by atoms with E-state index in [1.54, 1.807) is 12.1 Å². The first-order valence-electron chi connectivity index (χ1n) is 8.51. The van der Waals surface area contributed by atoms with Crippen molar-refractivity contribution in [1.29, 1.82) is 0 Å². The van der Waals surface area contributed by atoms with E-state index >= 15 is 0 Å². The Labute approximate surface area is 147 Å². The van der Waals surface area contributed by atoms with Crippen LogP contribution in [0.5, 0.6) is 5.75 Å². The van der Waals surface area contributed by atoms with Crippen LogP contribution in [-0.4, -0.2) is 13.7 Å². The first-order valence-corrected chi connectivity index (χ1v) is 8.51. The maximum atomic E-state index is 14.3. The van der Waals surface area contributed by atoms with Gasteiger partial charge in [-0.1, -0.05) is 54.6 Å². The van der Waals surface area contributed by atoms with Crippen molar-refractivity contribution < 1.29 is 9.13 Å². The Morgan fingerprint density at radius 1 is 0.960 bits per heavy atom. The lowest BCUT2D eigenvalue weighted by atomic mass is 9.88. The molecule has 1 aliphatic rings. The second kappa shape index (κ2) is 6.60. The molecule has 0 aromatic heterocycles. The van der Waals surface area contributed by atoms with E-state index in [0.29, 0.717) is 0 Å². The van der Waals surface area contributed by atoms with Gasteiger partial charge in [-0.15, -0.1) is 0 Å². The Kier molecular flexibility index (Phi) is 4.14. The molecular formula is C22H20FNO. The average molecular weight is 333 g/mol. The smallest absolute Gasteiger partial charge is 0.167 e. The predicted molar refractivity (Wildman–Crippen MR) is 98.7 cm³/mol. The van der Waals surface area contributed by atoms with Crippen molar-refractivity contribution in [2.45, 2.75) is 12.5 Å². The third kappa shape index (κ3) is 2.86. The van der Waals surface area contributed by atoms with Gasteiger partial charge in [0.2, 0.25) is 0 Å². The van der Waals surface area contributed by atoms with Crippen molar-refractivity contribution >= 4 is 5.69 Å². The molecule has 0 fully saturated rings. The van der Waals surface area contributed by atoms with Crippen LogP contribution in [0, 0.1) is 5.82 Å². The van der Waals surface area contributed by atoms with E-state index in [-0.39, 0.29) is 17.6 Å². The largest absolute Gasteiger partial charge is 0.494 e. The molecule has 0 spiro atoms. The Morgan fingerprint density at radius 2 is 1.72 bits per heavy atom. The van der Waals surface area contributed by atoms with Gasteiger partial charge in [0.1, 0.15) is 0 Å². The number of halogens is 1. The summed E-state index contributed by atoms with van der Waals surface area (Å²) in [6.07, 6.45) is 0.952. The van der Waals surface area contributed by atoms with Gasteiger partial charge in [-0.2, -0.15) is 0 Å². The fourth-order valence-corrected chi connectivity index (χ4v) is 3.67. The second-order valence-corrected chi connectivity index (χ2v) is 6.27. The molecule has 2 nitrogen and oxygen atoms in total. The van der Waals surface area contributed by atoms with Crippen LogP contribution in [0.2, 0.25) is 0 Å². The molecule has 0 N–H and O–H groups in total. The Bertz CT molecular complexity index is 878. The average Bonchev–Trinajstić information content (AvgIpc) is 2.67. The van der Waals surface area contributed by atoms with Gasteiger partial charge in [0, 0.05) is 18.3 Å². The molecule has 0 saturated carbocycles. The number of ether oxygens (including phenoxy) is 1. The molecule has 0 amide bonds. The molecule has 3 heteroatoms. The standard InChI is InChI=1S/C22H20FNO/c1-25-21-12-11-18(15-20(21)23)24-14-13-16-7-5-6-10-19(16)22(24)17-8-3-2-4-9-17/h2-12,15,22H,13-14H2,1H3. The van der Waals surface area contributed by atoms with Gasteiger partial charge < -0.3 is 9.64 Å². The Balaban J connectivity index is 1.83. The molecular weight excluding hydrogens is 313 g/mol. The van der Waals surface area contributed by atoms with Crippen molar-refractivity contribution in [1.82, 2.24) is 0 Å². The third-order valence-corrected chi connectivity index (χ3v) is 4.87. The number of hydrogen-bond acceptors (Lipinski definition) is 2. The zero-order chi connectivity index (χ0) is 17.2. The minimum absolute atomic E-state index is 0.0824. The van der Waals surface area contributed by atoms with Crippen LogP contribution in [0.4, 0.5) is 10.1 Å². The normalized spacial score (nSPS) is 16.4. The maximum Gasteiger partial charge on any atom is 0.167 e. The minimum atomic E-state index is -0.328. The molecule has 1 heterocycles. The molecule has 1 aliphatic heterocycles. The van der Waals surface area contributed by atoms with E-state index in [0.717, 1.165) is 18.7 Å². The monoisotopic (exact) mass is 333 g/mol. The Morgan fingerprint density at radius 3 is 2.48 bits per heavy atom. The maximum absolute atomic E-state index is 14.3. The summed E-state index contributed by atoms with van der Waals surface area (Å²) in [5.74, 6) is -0.0527.